The van der Waals surface area contributed by atoms with E-state index in [9.17, 15) is 4.79 Å². The summed E-state index contributed by atoms with van der Waals surface area (Å²) in [5, 5.41) is 9.16. The maximum atomic E-state index is 11.2. The molecule has 1 aliphatic rings. The average molecular weight is 216 g/mol. The zero-order valence-electron chi connectivity index (χ0n) is 8.76. The fourth-order valence-electron chi connectivity index (χ4n) is 2.20. The van der Waals surface area contributed by atoms with Crippen LogP contribution in [-0.4, -0.2) is 20.6 Å². The number of aromatic carboxylic acids is 1. The van der Waals surface area contributed by atoms with Gasteiger partial charge in [0.1, 0.15) is 0 Å². The van der Waals surface area contributed by atoms with Gasteiger partial charge in [-0.2, -0.15) is 0 Å². The number of hydrogen-bond acceptors (Lipinski definition) is 2. The van der Waals surface area contributed by atoms with Crippen LogP contribution in [-0.2, 0) is 0 Å². The minimum atomic E-state index is -0.883. The number of carboxylic acid groups (broad SMARTS) is 1. The molecule has 0 unspecified atom stereocenters. The van der Waals surface area contributed by atoms with Gasteiger partial charge in [0.05, 0.1) is 22.9 Å². The number of aromatic nitrogens is 2. The molecule has 1 saturated carbocycles. The van der Waals surface area contributed by atoms with Crippen molar-refractivity contribution in [2.24, 2.45) is 0 Å². The van der Waals surface area contributed by atoms with Crippen molar-refractivity contribution in [3.63, 3.8) is 0 Å². The quantitative estimate of drug-likeness (QED) is 0.838. The Kier molecular flexibility index (Phi) is 1.96. The van der Waals surface area contributed by atoms with Crippen LogP contribution in [0.5, 0.6) is 0 Å². The molecular formula is C12H12N2O2. The fraction of sp³-hybridized carbons (Fsp3) is 0.333. The van der Waals surface area contributed by atoms with Crippen molar-refractivity contribution in [1.29, 1.82) is 0 Å². The van der Waals surface area contributed by atoms with Crippen LogP contribution < -0.4 is 0 Å². The topological polar surface area (TPSA) is 55.1 Å². The van der Waals surface area contributed by atoms with E-state index in [-0.39, 0.29) is 0 Å². The van der Waals surface area contributed by atoms with Gasteiger partial charge in [-0.1, -0.05) is 6.07 Å². The van der Waals surface area contributed by atoms with Gasteiger partial charge in [0, 0.05) is 6.04 Å². The van der Waals surface area contributed by atoms with Crippen LogP contribution in [0.4, 0.5) is 0 Å². The fourth-order valence-corrected chi connectivity index (χ4v) is 2.20. The Bertz CT molecular complexity index is 555. The third-order valence-electron chi connectivity index (χ3n) is 3.29. The lowest BCUT2D eigenvalue weighted by Crippen LogP contribution is -2.17. The predicted octanol–water partition coefficient (Wildman–Crippen LogP) is 2.46. The van der Waals surface area contributed by atoms with Gasteiger partial charge in [-0.05, 0) is 31.4 Å². The summed E-state index contributed by atoms with van der Waals surface area (Å²) in [5.41, 5.74) is 1.88. The smallest absolute Gasteiger partial charge is 0.337 e. The van der Waals surface area contributed by atoms with Crippen LogP contribution in [0.15, 0.2) is 24.5 Å². The molecule has 0 aliphatic heterocycles. The third kappa shape index (κ3) is 1.23. The minimum absolute atomic E-state index is 0.349. The number of fused-ring (bicyclic) bond motifs is 1. The molecule has 4 nitrogen and oxygen atoms in total. The van der Waals surface area contributed by atoms with Crippen molar-refractivity contribution in [3.8, 4) is 0 Å². The number of para-hydroxylation sites is 1. The Morgan fingerprint density at radius 3 is 2.88 bits per heavy atom. The molecular weight excluding hydrogens is 204 g/mol. The van der Waals surface area contributed by atoms with Crippen LogP contribution in [0.2, 0.25) is 0 Å². The van der Waals surface area contributed by atoms with Gasteiger partial charge < -0.3 is 9.67 Å². The average Bonchev–Trinajstić information content (AvgIpc) is 2.59. The molecule has 0 spiro atoms. The second-order valence-corrected chi connectivity index (χ2v) is 4.22. The van der Waals surface area contributed by atoms with Crippen LogP contribution in [0.25, 0.3) is 11.0 Å². The number of carbonyl (C=O) groups is 1. The zero-order valence-corrected chi connectivity index (χ0v) is 8.76. The van der Waals surface area contributed by atoms with Gasteiger partial charge in [0.25, 0.3) is 0 Å². The van der Waals surface area contributed by atoms with E-state index in [1.807, 2.05) is 10.6 Å². The Hall–Kier alpha value is -1.84. The van der Waals surface area contributed by atoms with E-state index in [1.54, 1.807) is 18.5 Å². The predicted molar refractivity (Wildman–Crippen MR) is 59.6 cm³/mol. The summed E-state index contributed by atoms with van der Waals surface area (Å²) in [6.07, 6.45) is 5.24. The molecule has 1 N–H and O–H groups in total. The summed E-state index contributed by atoms with van der Waals surface area (Å²) in [7, 11) is 0. The first kappa shape index (κ1) is 9.39. The largest absolute Gasteiger partial charge is 0.478 e. The Labute approximate surface area is 92.5 Å². The highest BCUT2D eigenvalue weighted by atomic mass is 16.4. The van der Waals surface area contributed by atoms with E-state index >= 15 is 0 Å². The normalized spacial score (nSPS) is 16.2. The second-order valence-electron chi connectivity index (χ2n) is 4.22. The molecule has 0 saturated heterocycles. The van der Waals surface area contributed by atoms with Crippen molar-refractivity contribution < 1.29 is 9.90 Å². The second kappa shape index (κ2) is 3.33. The molecule has 1 aromatic heterocycles. The molecule has 1 heterocycles. The molecule has 3 rings (SSSR count). The summed E-state index contributed by atoms with van der Waals surface area (Å²) in [4.78, 5) is 15.4. The molecule has 0 radical (unpaired) electrons. The van der Waals surface area contributed by atoms with E-state index in [0.717, 1.165) is 23.9 Å². The summed E-state index contributed by atoms with van der Waals surface area (Å²) < 4.78 is 2.02. The number of carboxylic acids is 1. The Morgan fingerprint density at radius 2 is 2.25 bits per heavy atom. The molecule has 0 atom stereocenters. The van der Waals surface area contributed by atoms with Gasteiger partial charge in [-0.25, -0.2) is 9.78 Å². The van der Waals surface area contributed by atoms with E-state index in [1.165, 1.54) is 6.42 Å². The Balaban J connectivity index is 2.25. The first-order chi connectivity index (χ1) is 7.77. The van der Waals surface area contributed by atoms with E-state index < -0.39 is 5.97 Å². The SMILES string of the molecule is O=C(O)c1cccc2ncn(C3CCC3)c12. The first-order valence-electron chi connectivity index (χ1n) is 5.46. The highest BCUT2D eigenvalue weighted by molar-refractivity contribution is 6.01. The lowest BCUT2D eigenvalue weighted by atomic mass is 9.92. The monoisotopic (exact) mass is 216 g/mol. The van der Waals surface area contributed by atoms with Crippen molar-refractivity contribution in [3.05, 3.63) is 30.1 Å². The molecule has 1 aliphatic carbocycles. The van der Waals surface area contributed by atoms with Crippen molar-refractivity contribution in [2.75, 3.05) is 0 Å². The maximum absolute atomic E-state index is 11.2. The molecule has 4 heteroatoms. The summed E-state index contributed by atoms with van der Waals surface area (Å²) in [6.45, 7) is 0. The number of hydrogen-bond donors (Lipinski definition) is 1. The molecule has 1 aromatic carbocycles. The highest BCUT2D eigenvalue weighted by Crippen LogP contribution is 2.34. The summed E-state index contributed by atoms with van der Waals surface area (Å²) in [6, 6.07) is 5.67. The Morgan fingerprint density at radius 1 is 1.44 bits per heavy atom. The van der Waals surface area contributed by atoms with Gasteiger partial charge in [0.15, 0.2) is 0 Å². The minimum Gasteiger partial charge on any atom is -0.478 e. The summed E-state index contributed by atoms with van der Waals surface area (Å²) in [5.74, 6) is -0.883. The van der Waals surface area contributed by atoms with Gasteiger partial charge in [-0.15, -0.1) is 0 Å². The van der Waals surface area contributed by atoms with Crippen molar-refractivity contribution in [1.82, 2.24) is 9.55 Å². The lowest BCUT2D eigenvalue weighted by molar-refractivity contribution is 0.0698. The van der Waals surface area contributed by atoms with Crippen LogP contribution in [0.1, 0.15) is 35.7 Å². The van der Waals surface area contributed by atoms with Gasteiger partial charge >= 0.3 is 5.97 Å². The number of benzene rings is 1. The first-order valence-corrected chi connectivity index (χ1v) is 5.46. The molecule has 2 aromatic rings. The van der Waals surface area contributed by atoms with E-state index in [4.69, 9.17) is 5.11 Å². The summed E-state index contributed by atoms with van der Waals surface area (Å²) >= 11 is 0. The highest BCUT2D eigenvalue weighted by Gasteiger charge is 2.23. The number of rotatable bonds is 2. The molecule has 1 fully saturated rings. The zero-order chi connectivity index (χ0) is 11.1. The van der Waals surface area contributed by atoms with E-state index in [0.29, 0.717) is 11.6 Å². The van der Waals surface area contributed by atoms with Crippen LogP contribution in [0.3, 0.4) is 0 Å². The van der Waals surface area contributed by atoms with Crippen LogP contribution >= 0.6 is 0 Å². The standard InChI is InChI=1S/C12H12N2O2/c15-12(16)9-5-2-6-10-11(9)14(7-13-10)8-3-1-4-8/h2,5-8H,1,3-4H2,(H,15,16). The maximum Gasteiger partial charge on any atom is 0.337 e. The molecule has 0 amide bonds. The number of nitrogens with zero attached hydrogens (tertiary/aromatic N) is 2. The lowest BCUT2D eigenvalue weighted by Gasteiger charge is -2.27. The van der Waals surface area contributed by atoms with Crippen molar-refractivity contribution >= 4 is 17.0 Å². The van der Waals surface area contributed by atoms with Gasteiger partial charge in [-0.3, -0.25) is 0 Å². The third-order valence-corrected chi connectivity index (χ3v) is 3.29. The molecule has 16 heavy (non-hydrogen) atoms. The molecule has 0 bridgehead atoms. The van der Waals surface area contributed by atoms with Crippen molar-refractivity contribution in [2.45, 2.75) is 25.3 Å². The molecule has 82 valence electrons. The number of imidazole rings is 1. The van der Waals surface area contributed by atoms with Crippen LogP contribution in [0, 0.1) is 0 Å². The van der Waals surface area contributed by atoms with Gasteiger partial charge in [0.2, 0.25) is 0 Å². The van der Waals surface area contributed by atoms with E-state index in [2.05, 4.69) is 4.98 Å².